The molecule has 21 heavy (non-hydrogen) atoms. The Morgan fingerprint density at radius 3 is 2.52 bits per heavy atom. The second kappa shape index (κ2) is 5.46. The molecule has 6 heteroatoms. The molecule has 0 saturated carbocycles. The summed E-state index contributed by atoms with van der Waals surface area (Å²) in [5, 5.41) is -0.882. The number of hydrogen-bond donors (Lipinski definition) is 0. The molecule has 0 aromatic carbocycles. The van der Waals surface area contributed by atoms with E-state index in [9.17, 15) is 18.0 Å². The van der Waals surface area contributed by atoms with E-state index in [-0.39, 0.29) is 15.9 Å². The van der Waals surface area contributed by atoms with Crippen LogP contribution in [0.3, 0.4) is 0 Å². The van der Waals surface area contributed by atoms with Gasteiger partial charge >= 0.3 is 6.18 Å². The van der Waals surface area contributed by atoms with E-state index >= 15 is 0 Å². The van der Waals surface area contributed by atoms with Crippen LogP contribution in [0.4, 0.5) is 13.2 Å². The fourth-order valence-corrected chi connectivity index (χ4v) is 3.09. The normalized spacial score (nSPS) is 17.5. The quantitative estimate of drug-likeness (QED) is 0.637. The average molecular weight is 333 g/mol. The van der Waals surface area contributed by atoms with Crippen molar-refractivity contribution < 1.29 is 18.0 Å². The summed E-state index contributed by atoms with van der Waals surface area (Å²) >= 11 is 5.69. The molecule has 0 unspecified atom stereocenters. The molecule has 0 fully saturated rings. The van der Waals surface area contributed by atoms with E-state index in [0.29, 0.717) is 16.9 Å². The summed E-state index contributed by atoms with van der Waals surface area (Å²) in [5.41, 5.74) is 0.0386. The predicted molar refractivity (Wildman–Crippen MR) is 79.5 cm³/mol. The van der Waals surface area contributed by atoms with E-state index < -0.39 is 16.3 Å². The molecule has 1 heterocycles. The number of allylic oxidation sites excluding steroid dienone is 6. The molecule has 1 aromatic rings. The fraction of sp³-hybridized carbons (Fsp3) is 0.267. The minimum absolute atomic E-state index is 0.00970. The molecule has 1 aliphatic carbocycles. The first-order valence-electron chi connectivity index (χ1n) is 6.10. The highest BCUT2D eigenvalue weighted by Gasteiger charge is 2.37. The van der Waals surface area contributed by atoms with Crippen LogP contribution in [-0.2, 0) is 6.18 Å². The standard InChI is InChI=1S/C15H12ClF3OS/c1-14(2)6-4-3-5-9(8-14)10-7-11(13(16)20)21-12(10)15(17,18)19/h3-8H,1-2H3. The van der Waals surface area contributed by atoms with Gasteiger partial charge in [0.15, 0.2) is 0 Å². The molecular weight excluding hydrogens is 321 g/mol. The number of hydrogen-bond acceptors (Lipinski definition) is 2. The summed E-state index contributed by atoms with van der Waals surface area (Å²) < 4.78 is 39.5. The van der Waals surface area contributed by atoms with Gasteiger partial charge in [-0.15, -0.1) is 11.3 Å². The summed E-state index contributed by atoms with van der Waals surface area (Å²) in [6.45, 7) is 3.79. The van der Waals surface area contributed by atoms with Crippen molar-refractivity contribution in [2.45, 2.75) is 20.0 Å². The van der Waals surface area contributed by atoms with Gasteiger partial charge in [0.2, 0.25) is 0 Å². The third-order valence-corrected chi connectivity index (χ3v) is 4.43. The zero-order valence-electron chi connectivity index (χ0n) is 11.3. The maximum atomic E-state index is 13.2. The number of carbonyl (C=O) groups excluding carboxylic acids is 1. The maximum Gasteiger partial charge on any atom is 0.426 e. The molecule has 2 rings (SSSR count). The first-order chi connectivity index (χ1) is 9.60. The van der Waals surface area contributed by atoms with Crippen LogP contribution in [0, 0.1) is 5.41 Å². The van der Waals surface area contributed by atoms with Crippen LogP contribution in [0.15, 0.2) is 36.4 Å². The highest BCUT2D eigenvalue weighted by atomic mass is 35.5. The van der Waals surface area contributed by atoms with Crippen molar-refractivity contribution in [2.75, 3.05) is 0 Å². The van der Waals surface area contributed by atoms with Gasteiger partial charge in [0.25, 0.3) is 5.24 Å². The Labute approximate surface area is 129 Å². The number of carbonyl (C=O) groups is 1. The largest absolute Gasteiger partial charge is 0.426 e. The minimum atomic E-state index is -4.52. The van der Waals surface area contributed by atoms with Gasteiger partial charge in [-0.05, 0) is 23.2 Å². The van der Waals surface area contributed by atoms with E-state index in [4.69, 9.17) is 11.6 Å². The van der Waals surface area contributed by atoms with E-state index in [2.05, 4.69) is 0 Å². The molecule has 112 valence electrons. The number of halogens is 4. The molecule has 0 bridgehead atoms. The van der Waals surface area contributed by atoms with Crippen molar-refractivity contribution in [3.63, 3.8) is 0 Å². The van der Waals surface area contributed by atoms with E-state index in [1.54, 1.807) is 24.3 Å². The molecular formula is C15H12ClF3OS. The molecule has 0 spiro atoms. The van der Waals surface area contributed by atoms with Crippen LogP contribution in [-0.4, -0.2) is 5.24 Å². The fourth-order valence-electron chi connectivity index (χ4n) is 2.04. The smallest absolute Gasteiger partial charge is 0.275 e. The van der Waals surface area contributed by atoms with Gasteiger partial charge in [-0.1, -0.05) is 44.2 Å². The number of rotatable bonds is 2. The predicted octanol–water partition coefficient (Wildman–Crippen LogP) is 5.68. The number of alkyl halides is 3. The van der Waals surface area contributed by atoms with Gasteiger partial charge in [-0.3, -0.25) is 4.79 Å². The molecule has 0 aliphatic heterocycles. The van der Waals surface area contributed by atoms with Gasteiger partial charge in [0.05, 0.1) is 4.88 Å². The Morgan fingerprint density at radius 1 is 1.29 bits per heavy atom. The Bertz CT molecular complexity index is 663. The minimum Gasteiger partial charge on any atom is -0.275 e. The second-order valence-corrected chi connectivity index (χ2v) is 6.66. The van der Waals surface area contributed by atoms with Crippen molar-refractivity contribution in [1.82, 2.24) is 0 Å². The molecule has 0 amide bonds. The van der Waals surface area contributed by atoms with Crippen molar-refractivity contribution in [1.29, 1.82) is 0 Å². The zero-order chi connectivity index (χ0) is 15.8. The van der Waals surface area contributed by atoms with Gasteiger partial charge < -0.3 is 0 Å². The zero-order valence-corrected chi connectivity index (χ0v) is 12.9. The Kier molecular flexibility index (Phi) is 4.17. The lowest BCUT2D eigenvalue weighted by molar-refractivity contribution is -0.134. The van der Waals surface area contributed by atoms with Crippen LogP contribution in [0.2, 0.25) is 0 Å². The van der Waals surface area contributed by atoms with Crippen molar-refractivity contribution in [3.8, 4) is 0 Å². The molecule has 0 saturated heterocycles. The Balaban J connectivity index is 2.63. The van der Waals surface area contributed by atoms with Crippen molar-refractivity contribution >= 4 is 33.8 Å². The average Bonchev–Trinajstić information content (AvgIpc) is 2.70. The Morgan fingerprint density at radius 2 is 1.95 bits per heavy atom. The molecule has 1 aliphatic rings. The van der Waals surface area contributed by atoms with Gasteiger partial charge in [-0.25, -0.2) is 0 Å². The van der Waals surface area contributed by atoms with Gasteiger partial charge in [0, 0.05) is 11.0 Å². The summed E-state index contributed by atoms with van der Waals surface area (Å²) in [7, 11) is 0. The van der Waals surface area contributed by atoms with Crippen molar-refractivity contribution in [2.24, 2.45) is 5.41 Å². The van der Waals surface area contributed by atoms with Crippen LogP contribution >= 0.6 is 22.9 Å². The van der Waals surface area contributed by atoms with E-state index in [0.717, 1.165) is 0 Å². The molecule has 0 atom stereocenters. The lowest BCUT2D eigenvalue weighted by Gasteiger charge is -2.16. The number of thiophene rings is 1. The summed E-state index contributed by atoms with van der Waals surface area (Å²) in [5.74, 6) is 0. The third-order valence-electron chi connectivity index (χ3n) is 2.93. The van der Waals surface area contributed by atoms with Gasteiger partial charge in [0.1, 0.15) is 4.88 Å². The summed E-state index contributed by atoms with van der Waals surface area (Å²) in [4.78, 5) is 10.3. The summed E-state index contributed by atoms with van der Waals surface area (Å²) in [6.07, 6.45) is 4.18. The molecule has 1 aromatic heterocycles. The highest BCUT2D eigenvalue weighted by Crippen LogP contribution is 2.43. The van der Waals surface area contributed by atoms with Crippen LogP contribution < -0.4 is 0 Å². The molecule has 0 radical (unpaired) electrons. The second-order valence-electron chi connectivity index (χ2n) is 5.26. The van der Waals surface area contributed by atoms with Crippen LogP contribution in [0.5, 0.6) is 0 Å². The first-order valence-corrected chi connectivity index (χ1v) is 7.29. The highest BCUT2D eigenvalue weighted by molar-refractivity contribution is 7.16. The monoisotopic (exact) mass is 332 g/mol. The SMILES string of the molecule is CC1(C)C=CC=CC(c2cc(C(=O)Cl)sc2C(F)(F)F)=C1. The first kappa shape index (κ1) is 16.0. The topological polar surface area (TPSA) is 17.1 Å². The van der Waals surface area contributed by atoms with Crippen LogP contribution in [0.1, 0.15) is 34.0 Å². The van der Waals surface area contributed by atoms with Gasteiger partial charge in [-0.2, -0.15) is 13.2 Å². The summed E-state index contributed by atoms with van der Waals surface area (Å²) in [6, 6.07) is 1.21. The Hall–Kier alpha value is -1.33. The molecule has 0 N–H and O–H groups in total. The van der Waals surface area contributed by atoms with Crippen LogP contribution in [0.25, 0.3) is 5.57 Å². The van der Waals surface area contributed by atoms with E-state index in [1.165, 1.54) is 6.07 Å². The third kappa shape index (κ3) is 3.66. The lowest BCUT2D eigenvalue weighted by Crippen LogP contribution is -2.06. The maximum absolute atomic E-state index is 13.2. The van der Waals surface area contributed by atoms with Crippen molar-refractivity contribution in [3.05, 3.63) is 51.8 Å². The molecule has 1 nitrogen and oxygen atoms in total. The lowest BCUT2D eigenvalue weighted by atomic mass is 9.89. The van der Waals surface area contributed by atoms with E-state index in [1.807, 2.05) is 19.9 Å².